The molecule has 0 aliphatic carbocycles. The quantitative estimate of drug-likeness (QED) is 0.848. The fraction of sp³-hybridized carbons (Fsp3) is 0.714. The lowest BCUT2D eigenvalue weighted by atomic mass is 10.2. The molecule has 1 aliphatic heterocycles. The molecule has 1 aliphatic rings. The molecule has 2 rings (SSSR count). The standard InChI is InChI=1S/C14H24N4O2/c1-4-20-14-12(3)13(15-10-16-14)17-11(2)9-18-5-7-19-8-6-18/h10-11H,4-9H2,1-3H3,(H,15,16,17). The van der Waals surface area contributed by atoms with Crippen molar-refractivity contribution < 1.29 is 9.47 Å². The highest BCUT2D eigenvalue weighted by molar-refractivity contribution is 5.48. The van der Waals surface area contributed by atoms with Gasteiger partial charge < -0.3 is 14.8 Å². The van der Waals surface area contributed by atoms with Crippen LogP contribution in [0.1, 0.15) is 19.4 Å². The van der Waals surface area contributed by atoms with E-state index in [1.807, 2.05) is 13.8 Å². The summed E-state index contributed by atoms with van der Waals surface area (Å²) in [5.74, 6) is 1.51. The summed E-state index contributed by atoms with van der Waals surface area (Å²) in [5, 5.41) is 3.44. The number of ether oxygens (including phenoxy) is 2. The van der Waals surface area contributed by atoms with E-state index in [4.69, 9.17) is 9.47 Å². The molecule has 1 saturated heterocycles. The van der Waals surface area contributed by atoms with E-state index in [2.05, 4.69) is 27.1 Å². The SMILES string of the molecule is CCOc1ncnc(NC(C)CN2CCOCC2)c1C. The van der Waals surface area contributed by atoms with E-state index in [9.17, 15) is 0 Å². The van der Waals surface area contributed by atoms with Gasteiger partial charge in [0.15, 0.2) is 0 Å². The van der Waals surface area contributed by atoms with Crippen LogP contribution in [0.3, 0.4) is 0 Å². The maximum Gasteiger partial charge on any atom is 0.221 e. The van der Waals surface area contributed by atoms with Crippen LogP contribution in [-0.4, -0.2) is 60.4 Å². The van der Waals surface area contributed by atoms with Crippen molar-refractivity contribution in [3.63, 3.8) is 0 Å². The van der Waals surface area contributed by atoms with Gasteiger partial charge in [0, 0.05) is 25.7 Å². The van der Waals surface area contributed by atoms with Gasteiger partial charge in [-0.3, -0.25) is 4.90 Å². The molecule has 1 fully saturated rings. The zero-order valence-corrected chi connectivity index (χ0v) is 12.6. The fourth-order valence-corrected chi connectivity index (χ4v) is 2.31. The molecule has 1 N–H and O–H groups in total. The van der Waals surface area contributed by atoms with E-state index < -0.39 is 0 Å². The van der Waals surface area contributed by atoms with Gasteiger partial charge in [0.25, 0.3) is 0 Å². The van der Waals surface area contributed by atoms with Gasteiger partial charge in [0.2, 0.25) is 5.88 Å². The number of hydrogen-bond acceptors (Lipinski definition) is 6. The molecule has 6 heteroatoms. The number of nitrogens with one attached hydrogen (secondary N) is 1. The number of nitrogens with zero attached hydrogens (tertiary/aromatic N) is 3. The topological polar surface area (TPSA) is 59.5 Å². The van der Waals surface area contributed by atoms with Gasteiger partial charge in [-0.2, -0.15) is 0 Å². The summed E-state index contributed by atoms with van der Waals surface area (Å²) in [6.07, 6.45) is 1.54. The van der Waals surface area contributed by atoms with Gasteiger partial charge in [0.1, 0.15) is 12.1 Å². The van der Waals surface area contributed by atoms with E-state index >= 15 is 0 Å². The monoisotopic (exact) mass is 280 g/mol. The van der Waals surface area contributed by atoms with Crippen LogP contribution in [0.2, 0.25) is 0 Å². The number of anilines is 1. The Balaban J connectivity index is 1.93. The van der Waals surface area contributed by atoms with Gasteiger partial charge in [-0.05, 0) is 20.8 Å². The van der Waals surface area contributed by atoms with Crippen LogP contribution in [0, 0.1) is 6.92 Å². The van der Waals surface area contributed by atoms with Gasteiger partial charge in [-0.1, -0.05) is 0 Å². The predicted octanol–water partition coefficient (Wildman–Crippen LogP) is 1.32. The van der Waals surface area contributed by atoms with Gasteiger partial charge in [0.05, 0.1) is 25.4 Å². The average molecular weight is 280 g/mol. The molecule has 1 aromatic rings. The van der Waals surface area contributed by atoms with Crippen LogP contribution in [-0.2, 0) is 4.74 Å². The highest BCUT2D eigenvalue weighted by Gasteiger charge is 2.15. The lowest BCUT2D eigenvalue weighted by molar-refractivity contribution is 0.0368. The summed E-state index contributed by atoms with van der Waals surface area (Å²) in [5.41, 5.74) is 0.961. The number of hydrogen-bond donors (Lipinski definition) is 1. The highest BCUT2D eigenvalue weighted by atomic mass is 16.5. The van der Waals surface area contributed by atoms with E-state index in [0.29, 0.717) is 18.5 Å². The minimum atomic E-state index is 0.316. The molecule has 1 unspecified atom stereocenters. The average Bonchev–Trinajstić information content (AvgIpc) is 2.44. The van der Waals surface area contributed by atoms with Crippen molar-refractivity contribution in [2.45, 2.75) is 26.8 Å². The Morgan fingerprint density at radius 2 is 2.15 bits per heavy atom. The van der Waals surface area contributed by atoms with Crippen LogP contribution in [0.25, 0.3) is 0 Å². The molecule has 0 radical (unpaired) electrons. The molecule has 0 amide bonds. The minimum absolute atomic E-state index is 0.316. The van der Waals surface area contributed by atoms with Gasteiger partial charge >= 0.3 is 0 Å². The molecule has 2 heterocycles. The van der Waals surface area contributed by atoms with Crippen LogP contribution in [0.4, 0.5) is 5.82 Å². The Morgan fingerprint density at radius 1 is 1.40 bits per heavy atom. The Bertz CT molecular complexity index is 422. The Labute approximate surface area is 120 Å². The molecule has 112 valence electrons. The summed E-state index contributed by atoms with van der Waals surface area (Å²) >= 11 is 0. The van der Waals surface area contributed by atoms with Crippen molar-refractivity contribution in [2.75, 3.05) is 44.8 Å². The van der Waals surface area contributed by atoms with E-state index in [-0.39, 0.29) is 0 Å². The van der Waals surface area contributed by atoms with Gasteiger partial charge in [-0.15, -0.1) is 0 Å². The third-order valence-corrected chi connectivity index (χ3v) is 3.34. The Kier molecular flexibility index (Phi) is 5.55. The summed E-state index contributed by atoms with van der Waals surface area (Å²) in [4.78, 5) is 10.9. The summed E-state index contributed by atoms with van der Waals surface area (Å²) < 4.78 is 10.9. The first kappa shape index (κ1) is 15.0. The first-order chi connectivity index (χ1) is 9.70. The number of aromatic nitrogens is 2. The highest BCUT2D eigenvalue weighted by Crippen LogP contribution is 2.20. The van der Waals surface area contributed by atoms with E-state index in [1.165, 1.54) is 0 Å². The first-order valence-corrected chi connectivity index (χ1v) is 7.21. The van der Waals surface area contributed by atoms with Crippen molar-refractivity contribution in [3.8, 4) is 5.88 Å². The molecule has 0 aromatic carbocycles. The normalized spacial score (nSPS) is 17.8. The molecule has 1 atom stereocenters. The molecule has 20 heavy (non-hydrogen) atoms. The van der Waals surface area contributed by atoms with Crippen LogP contribution < -0.4 is 10.1 Å². The van der Waals surface area contributed by atoms with Gasteiger partial charge in [-0.25, -0.2) is 9.97 Å². The summed E-state index contributed by atoms with van der Waals surface area (Å²) in [7, 11) is 0. The van der Waals surface area contributed by atoms with E-state index in [0.717, 1.165) is 44.2 Å². The lowest BCUT2D eigenvalue weighted by Gasteiger charge is -2.29. The maximum atomic E-state index is 5.49. The molecule has 6 nitrogen and oxygen atoms in total. The van der Waals surface area contributed by atoms with Crippen LogP contribution in [0.5, 0.6) is 5.88 Å². The zero-order valence-electron chi connectivity index (χ0n) is 12.6. The summed E-state index contributed by atoms with van der Waals surface area (Å²) in [6.45, 7) is 11.3. The Hall–Kier alpha value is -1.40. The summed E-state index contributed by atoms with van der Waals surface area (Å²) in [6, 6.07) is 0.316. The zero-order chi connectivity index (χ0) is 14.4. The third kappa shape index (κ3) is 4.05. The van der Waals surface area contributed by atoms with E-state index in [1.54, 1.807) is 6.33 Å². The van der Waals surface area contributed by atoms with Crippen molar-refractivity contribution in [3.05, 3.63) is 11.9 Å². The van der Waals surface area contributed by atoms with Crippen LogP contribution >= 0.6 is 0 Å². The fourth-order valence-electron chi connectivity index (χ4n) is 2.31. The second-order valence-electron chi connectivity index (χ2n) is 5.04. The van der Waals surface area contributed by atoms with Crippen molar-refractivity contribution in [1.82, 2.24) is 14.9 Å². The molecule has 0 spiro atoms. The molecule has 0 bridgehead atoms. The largest absolute Gasteiger partial charge is 0.478 e. The minimum Gasteiger partial charge on any atom is -0.478 e. The van der Waals surface area contributed by atoms with Crippen molar-refractivity contribution in [2.24, 2.45) is 0 Å². The third-order valence-electron chi connectivity index (χ3n) is 3.34. The van der Waals surface area contributed by atoms with Crippen molar-refractivity contribution in [1.29, 1.82) is 0 Å². The van der Waals surface area contributed by atoms with Crippen molar-refractivity contribution >= 4 is 5.82 Å². The molecule has 0 saturated carbocycles. The number of morpholine rings is 1. The molecular formula is C14H24N4O2. The molecular weight excluding hydrogens is 256 g/mol. The maximum absolute atomic E-state index is 5.49. The van der Waals surface area contributed by atoms with Crippen LogP contribution in [0.15, 0.2) is 6.33 Å². The predicted molar refractivity (Wildman–Crippen MR) is 78.3 cm³/mol. The second kappa shape index (κ2) is 7.40. The lowest BCUT2D eigenvalue weighted by Crippen LogP contribution is -2.42. The Morgan fingerprint density at radius 3 is 2.85 bits per heavy atom. The number of rotatable bonds is 6. The molecule has 1 aromatic heterocycles. The second-order valence-corrected chi connectivity index (χ2v) is 5.04. The first-order valence-electron chi connectivity index (χ1n) is 7.21. The smallest absolute Gasteiger partial charge is 0.221 e.